The van der Waals surface area contributed by atoms with Crippen molar-refractivity contribution >= 4 is 46.0 Å². The van der Waals surface area contributed by atoms with Crippen molar-refractivity contribution in [3.63, 3.8) is 0 Å². The number of ether oxygens (including phenoxy) is 1. The highest BCUT2D eigenvalue weighted by atomic mass is 32.2. The molecule has 13 heteroatoms. The molecule has 252 valence electrons. The van der Waals surface area contributed by atoms with E-state index in [0.29, 0.717) is 44.9 Å². The first-order valence-electron chi connectivity index (χ1n) is 16.3. The number of hydrogen-bond donors (Lipinski definition) is 1. The summed E-state index contributed by atoms with van der Waals surface area (Å²) in [6.45, 7) is 6.75. The molecule has 1 saturated heterocycles. The van der Waals surface area contributed by atoms with Gasteiger partial charge in [-0.3, -0.25) is 9.47 Å². The molecule has 9 nitrogen and oxygen atoms in total. The van der Waals surface area contributed by atoms with E-state index in [2.05, 4.69) is 14.8 Å². The second-order valence-corrected chi connectivity index (χ2v) is 13.3. The second-order valence-electron chi connectivity index (χ2n) is 12.2. The summed E-state index contributed by atoms with van der Waals surface area (Å²) >= 11 is 1.51. The summed E-state index contributed by atoms with van der Waals surface area (Å²) in [5.41, 5.74) is 3.22. The first-order chi connectivity index (χ1) is 23.2. The first kappa shape index (κ1) is 32.4. The first-order valence-corrected chi connectivity index (χ1v) is 17.1. The molecule has 7 rings (SSSR count). The molecule has 3 aromatic carbocycles. The zero-order valence-corrected chi connectivity index (χ0v) is 27.2. The van der Waals surface area contributed by atoms with E-state index in [0.717, 1.165) is 77.4 Å². The van der Waals surface area contributed by atoms with E-state index in [9.17, 15) is 22.8 Å². The van der Waals surface area contributed by atoms with Gasteiger partial charge in [-0.15, -0.1) is 0 Å². The van der Waals surface area contributed by atoms with E-state index in [1.807, 2.05) is 59.5 Å². The van der Waals surface area contributed by atoms with Crippen LogP contribution < -0.4 is 10.6 Å². The monoisotopic (exact) mass is 678 g/mol. The molecule has 48 heavy (non-hydrogen) atoms. The minimum atomic E-state index is -4.39. The number of aromatic nitrogens is 2. The van der Waals surface area contributed by atoms with Gasteiger partial charge in [0, 0.05) is 74.3 Å². The van der Waals surface area contributed by atoms with E-state index in [4.69, 9.17) is 4.74 Å². The van der Waals surface area contributed by atoms with Gasteiger partial charge in [-0.25, -0.2) is 9.59 Å². The fourth-order valence-corrected chi connectivity index (χ4v) is 7.73. The number of imidazole rings is 1. The van der Waals surface area contributed by atoms with Gasteiger partial charge in [-0.1, -0.05) is 36.0 Å². The van der Waals surface area contributed by atoms with Gasteiger partial charge >= 0.3 is 18.0 Å². The van der Waals surface area contributed by atoms with Crippen molar-refractivity contribution in [2.45, 2.75) is 28.8 Å². The molecule has 0 saturated carbocycles. The third-order valence-electron chi connectivity index (χ3n) is 9.23. The Morgan fingerprint density at radius 3 is 2.35 bits per heavy atom. The zero-order chi connectivity index (χ0) is 33.3. The molecular formula is C35H37F3N6O3S. The molecule has 0 unspecified atom stereocenters. The maximum absolute atomic E-state index is 13.5. The molecule has 1 N–H and O–H groups in total. The van der Waals surface area contributed by atoms with Crippen LogP contribution in [0.2, 0.25) is 0 Å². The Bertz CT molecular complexity index is 1880. The van der Waals surface area contributed by atoms with Crippen LogP contribution in [-0.4, -0.2) is 95.9 Å². The molecule has 1 amide bonds. The van der Waals surface area contributed by atoms with Crippen molar-refractivity contribution in [1.29, 1.82) is 0 Å². The Labute approximate surface area is 280 Å². The predicted octanol–water partition coefficient (Wildman–Crippen LogP) is 6.34. The predicted molar refractivity (Wildman–Crippen MR) is 181 cm³/mol. The van der Waals surface area contributed by atoms with Crippen molar-refractivity contribution in [3.05, 3.63) is 88.9 Å². The number of rotatable bonds is 8. The number of alkyl halides is 3. The quantitative estimate of drug-likeness (QED) is 0.233. The van der Waals surface area contributed by atoms with Crippen LogP contribution in [0.4, 0.5) is 29.3 Å². The number of nitrogens with zero attached hydrogens (tertiary/aromatic N) is 5. The van der Waals surface area contributed by atoms with Crippen LogP contribution in [0.3, 0.4) is 0 Å². The summed E-state index contributed by atoms with van der Waals surface area (Å²) in [5, 5.41) is 0. The van der Waals surface area contributed by atoms with E-state index >= 15 is 0 Å². The van der Waals surface area contributed by atoms with E-state index in [1.54, 1.807) is 15.5 Å². The smallest absolute Gasteiger partial charge is 0.416 e. The van der Waals surface area contributed by atoms with Crippen LogP contribution in [0, 0.1) is 0 Å². The molecule has 1 aromatic heterocycles. The molecule has 0 spiro atoms. The van der Waals surface area contributed by atoms with Gasteiger partial charge in [0.2, 0.25) is 0 Å². The second kappa shape index (κ2) is 13.7. The number of carbonyl (C=O) groups is 1. The highest BCUT2D eigenvalue weighted by Gasteiger charge is 2.33. The molecule has 0 radical (unpaired) electrons. The number of benzene rings is 3. The summed E-state index contributed by atoms with van der Waals surface area (Å²) in [4.78, 5) is 38.4. The molecule has 3 aliphatic rings. The number of hydrogen-bond acceptors (Lipinski definition) is 7. The number of fused-ring (bicyclic) bond motifs is 3. The summed E-state index contributed by atoms with van der Waals surface area (Å²) in [6.07, 6.45) is -1.46. The Balaban J connectivity index is 0.853. The maximum atomic E-state index is 13.5. The third kappa shape index (κ3) is 6.85. The summed E-state index contributed by atoms with van der Waals surface area (Å²) in [5.74, 6) is 0. The van der Waals surface area contributed by atoms with Crippen molar-refractivity contribution in [1.82, 2.24) is 24.3 Å². The zero-order valence-electron chi connectivity index (χ0n) is 26.4. The Hall–Kier alpha value is -4.20. The van der Waals surface area contributed by atoms with E-state index in [-0.39, 0.29) is 11.8 Å². The number of nitrogens with one attached hydrogen (secondary N) is 1. The minimum absolute atomic E-state index is 0.181. The van der Waals surface area contributed by atoms with Crippen LogP contribution in [0.1, 0.15) is 18.4 Å². The van der Waals surface area contributed by atoms with Gasteiger partial charge in [0.05, 0.1) is 28.0 Å². The lowest BCUT2D eigenvalue weighted by molar-refractivity contribution is -0.137. The lowest BCUT2D eigenvalue weighted by atomic mass is 10.1. The molecule has 4 aromatic rings. The van der Waals surface area contributed by atoms with Crippen molar-refractivity contribution in [2.75, 3.05) is 70.4 Å². The lowest BCUT2D eigenvalue weighted by Gasteiger charge is -2.36. The molecule has 0 atom stereocenters. The summed E-state index contributed by atoms with van der Waals surface area (Å²) < 4.78 is 47.9. The largest absolute Gasteiger partial charge is 0.448 e. The number of H-pyrrole nitrogens is 1. The highest BCUT2D eigenvalue weighted by Crippen LogP contribution is 2.49. The average molecular weight is 679 g/mol. The van der Waals surface area contributed by atoms with Crippen molar-refractivity contribution in [3.8, 4) is 0 Å². The maximum Gasteiger partial charge on any atom is 0.416 e. The Morgan fingerprint density at radius 2 is 1.58 bits per heavy atom. The normalized spacial score (nSPS) is 17.3. The molecule has 0 bridgehead atoms. The number of halogens is 3. The number of carbonyl (C=O) groups excluding carboxylic acids is 1. The highest BCUT2D eigenvalue weighted by molar-refractivity contribution is 7.99. The van der Waals surface area contributed by atoms with Crippen molar-refractivity contribution < 1.29 is 22.7 Å². The summed E-state index contributed by atoms with van der Waals surface area (Å²) in [6, 6.07) is 19.4. The standard InChI is InChI=1S/C35H37F3N6O3S/c36-35(37,38)25-10-11-32-30(24-25)43(29-8-3-4-9-31(29)48-32)15-5-14-40-18-20-41(21-19-40)22-23-47-34(46)42-16-12-26(13-17-42)44-28-7-2-1-6-27(28)39-33(44)45/h1-4,6-12,24H,5,13-23H2,(H,39,45). The van der Waals surface area contributed by atoms with Crippen LogP contribution in [0.5, 0.6) is 0 Å². The van der Waals surface area contributed by atoms with Gasteiger partial charge in [0.25, 0.3) is 0 Å². The third-order valence-corrected chi connectivity index (χ3v) is 10.4. The van der Waals surface area contributed by atoms with Crippen LogP contribution >= 0.6 is 11.8 Å². The molecule has 0 aliphatic carbocycles. The van der Waals surface area contributed by atoms with Gasteiger partial charge in [0.1, 0.15) is 6.61 Å². The number of anilines is 2. The fourth-order valence-electron chi connectivity index (χ4n) is 6.66. The van der Waals surface area contributed by atoms with Crippen LogP contribution in [0.15, 0.2) is 87.4 Å². The number of aromatic amines is 1. The van der Waals surface area contributed by atoms with Crippen LogP contribution in [0.25, 0.3) is 16.7 Å². The molecule has 1 fully saturated rings. The number of para-hydroxylation sites is 3. The summed E-state index contributed by atoms with van der Waals surface area (Å²) in [7, 11) is 0. The SMILES string of the molecule is O=C(OCCN1CCN(CCCN2c3ccccc3Sc3ccc(C(F)(F)F)cc32)CC1)N1CC=C(n2c(=O)[nH]c3ccccc32)CC1. The van der Waals surface area contributed by atoms with Gasteiger partial charge in [0.15, 0.2) is 0 Å². The minimum Gasteiger partial charge on any atom is -0.448 e. The van der Waals surface area contributed by atoms with Crippen molar-refractivity contribution in [2.24, 2.45) is 0 Å². The number of piperazine rings is 1. The Kier molecular flexibility index (Phi) is 9.25. The fraction of sp³-hybridized carbons (Fsp3) is 0.371. The average Bonchev–Trinajstić information content (AvgIpc) is 3.43. The van der Waals surface area contributed by atoms with Crippen LogP contribution in [-0.2, 0) is 10.9 Å². The molecular weight excluding hydrogens is 641 g/mol. The van der Waals surface area contributed by atoms with Gasteiger partial charge < -0.3 is 24.4 Å². The topological polar surface area (TPSA) is 77.1 Å². The molecule has 3 aliphatic heterocycles. The van der Waals surface area contributed by atoms with E-state index < -0.39 is 11.7 Å². The molecule has 4 heterocycles. The van der Waals surface area contributed by atoms with E-state index in [1.165, 1.54) is 17.8 Å². The van der Waals surface area contributed by atoms with Gasteiger partial charge in [-0.05, 0) is 61.5 Å². The Morgan fingerprint density at radius 1 is 0.854 bits per heavy atom. The van der Waals surface area contributed by atoms with Gasteiger partial charge in [-0.2, -0.15) is 13.2 Å². The number of amides is 1. The lowest BCUT2D eigenvalue weighted by Crippen LogP contribution is -2.48.